The lowest BCUT2D eigenvalue weighted by molar-refractivity contribution is -0.137. The fraction of sp³-hybridized carbons (Fsp3) is 0.538. The summed E-state index contributed by atoms with van der Waals surface area (Å²) in [5.74, 6) is 0.106. The largest absolute Gasteiger partial charge is 0.417 e. The van der Waals surface area contributed by atoms with Gasteiger partial charge in [0.15, 0.2) is 0 Å². The van der Waals surface area contributed by atoms with Crippen molar-refractivity contribution in [2.24, 2.45) is 11.7 Å². The molecule has 1 aliphatic rings. The van der Waals surface area contributed by atoms with Gasteiger partial charge in [0.25, 0.3) is 0 Å². The third-order valence-corrected chi connectivity index (χ3v) is 3.89. The van der Waals surface area contributed by atoms with E-state index >= 15 is 0 Å². The summed E-state index contributed by atoms with van der Waals surface area (Å²) in [5, 5.41) is -0.283. The van der Waals surface area contributed by atoms with Crippen LogP contribution in [0.2, 0.25) is 5.02 Å². The van der Waals surface area contributed by atoms with Crippen molar-refractivity contribution in [3.05, 3.63) is 34.3 Å². The number of hydrogen-bond acceptors (Lipinski definition) is 2. The van der Waals surface area contributed by atoms with Gasteiger partial charge in [0.1, 0.15) is 0 Å². The first-order valence-corrected chi connectivity index (χ1v) is 6.48. The predicted octanol–water partition coefficient (Wildman–Crippen LogP) is 4.21. The van der Waals surface area contributed by atoms with Crippen LogP contribution < -0.4 is 5.73 Å². The number of alkyl halides is 3. The first-order chi connectivity index (χ1) is 8.91. The molecule has 1 aromatic carbocycles. The van der Waals surface area contributed by atoms with Gasteiger partial charge in [-0.15, -0.1) is 12.4 Å². The van der Waals surface area contributed by atoms with E-state index in [0.29, 0.717) is 18.8 Å². The fourth-order valence-electron chi connectivity index (χ4n) is 2.36. The zero-order valence-electron chi connectivity index (χ0n) is 10.6. The van der Waals surface area contributed by atoms with Gasteiger partial charge in [-0.25, -0.2) is 0 Å². The van der Waals surface area contributed by atoms with Crippen LogP contribution >= 0.6 is 24.0 Å². The molecule has 2 N–H and O–H groups in total. The molecule has 114 valence electrons. The normalized spacial score (nSPS) is 18.4. The van der Waals surface area contributed by atoms with Crippen LogP contribution in [0.5, 0.6) is 0 Å². The molecule has 2 nitrogen and oxygen atoms in total. The van der Waals surface area contributed by atoms with Crippen LogP contribution in [-0.4, -0.2) is 13.2 Å². The Bertz CT molecular complexity index is 448. The summed E-state index contributed by atoms with van der Waals surface area (Å²) in [7, 11) is 0. The van der Waals surface area contributed by atoms with Crippen LogP contribution in [0.3, 0.4) is 0 Å². The quantitative estimate of drug-likeness (QED) is 0.882. The zero-order chi connectivity index (χ0) is 14.0. The van der Waals surface area contributed by atoms with Gasteiger partial charge in [-0.2, -0.15) is 13.2 Å². The van der Waals surface area contributed by atoms with Crippen LogP contribution in [0.25, 0.3) is 0 Å². The smallest absolute Gasteiger partial charge is 0.381 e. The maximum Gasteiger partial charge on any atom is 0.417 e. The van der Waals surface area contributed by atoms with E-state index in [1.807, 2.05) is 0 Å². The van der Waals surface area contributed by atoms with Gasteiger partial charge in [-0.1, -0.05) is 23.7 Å². The summed E-state index contributed by atoms with van der Waals surface area (Å²) < 4.78 is 43.6. The van der Waals surface area contributed by atoms with Gasteiger partial charge >= 0.3 is 6.18 Å². The zero-order valence-corrected chi connectivity index (χ0v) is 12.2. The molecule has 2 rings (SSSR count). The molecule has 1 aliphatic heterocycles. The number of rotatable bonds is 2. The third kappa shape index (κ3) is 3.79. The van der Waals surface area contributed by atoms with E-state index in [2.05, 4.69) is 0 Å². The van der Waals surface area contributed by atoms with Crippen LogP contribution in [0.4, 0.5) is 13.2 Å². The number of ether oxygens (including phenoxy) is 1. The van der Waals surface area contributed by atoms with Gasteiger partial charge in [0.05, 0.1) is 10.6 Å². The van der Waals surface area contributed by atoms with Crippen LogP contribution in [0.15, 0.2) is 18.2 Å². The molecule has 1 aromatic rings. The minimum Gasteiger partial charge on any atom is -0.381 e. The van der Waals surface area contributed by atoms with E-state index in [4.69, 9.17) is 22.1 Å². The standard InChI is InChI=1S/C13H15ClF3NO.ClH/c14-11-9(2-1-3-10(11)13(15,16)17)12(18)8-4-6-19-7-5-8;/h1-3,8,12H,4-7,18H2;1H/t12-;/m1./s1. The molecule has 0 aromatic heterocycles. The summed E-state index contributed by atoms with van der Waals surface area (Å²) >= 11 is 5.88. The van der Waals surface area contributed by atoms with Gasteiger partial charge in [0.2, 0.25) is 0 Å². The first-order valence-electron chi connectivity index (χ1n) is 6.10. The van der Waals surface area contributed by atoms with Crippen molar-refractivity contribution in [3.8, 4) is 0 Å². The van der Waals surface area contributed by atoms with Crippen molar-refractivity contribution in [2.45, 2.75) is 25.1 Å². The molecule has 1 atom stereocenters. The van der Waals surface area contributed by atoms with Crippen molar-refractivity contribution in [2.75, 3.05) is 13.2 Å². The van der Waals surface area contributed by atoms with Crippen molar-refractivity contribution in [1.29, 1.82) is 0 Å². The highest BCUT2D eigenvalue weighted by Crippen LogP contribution is 2.40. The van der Waals surface area contributed by atoms with Gasteiger partial charge < -0.3 is 10.5 Å². The summed E-state index contributed by atoms with van der Waals surface area (Å²) in [5.41, 5.74) is 5.61. The van der Waals surface area contributed by atoms with Gasteiger partial charge in [0, 0.05) is 19.3 Å². The Labute approximate surface area is 126 Å². The minimum absolute atomic E-state index is 0. The summed E-state index contributed by atoms with van der Waals surface area (Å²) in [6.07, 6.45) is -2.97. The Morgan fingerprint density at radius 3 is 2.40 bits per heavy atom. The maximum absolute atomic E-state index is 12.8. The lowest BCUT2D eigenvalue weighted by atomic mass is 9.87. The van der Waals surface area contributed by atoms with Gasteiger partial charge in [-0.3, -0.25) is 0 Å². The molecule has 0 bridgehead atoms. The fourth-order valence-corrected chi connectivity index (χ4v) is 2.71. The molecule has 1 heterocycles. The highest BCUT2D eigenvalue weighted by Gasteiger charge is 2.35. The Balaban J connectivity index is 0.00000200. The Morgan fingerprint density at radius 1 is 1.25 bits per heavy atom. The highest BCUT2D eigenvalue weighted by atomic mass is 35.5. The lowest BCUT2D eigenvalue weighted by Gasteiger charge is -2.29. The van der Waals surface area contributed by atoms with Crippen LogP contribution in [-0.2, 0) is 10.9 Å². The molecule has 1 fully saturated rings. The molecule has 1 saturated heterocycles. The van der Waals surface area contributed by atoms with E-state index in [1.165, 1.54) is 6.07 Å². The van der Waals surface area contributed by atoms with Crippen LogP contribution in [0, 0.1) is 5.92 Å². The number of nitrogens with two attached hydrogens (primary N) is 1. The average Bonchev–Trinajstić information content (AvgIpc) is 2.38. The third-order valence-electron chi connectivity index (χ3n) is 3.47. The van der Waals surface area contributed by atoms with E-state index < -0.39 is 17.8 Å². The Morgan fingerprint density at radius 2 is 1.85 bits per heavy atom. The second kappa shape index (κ2) is 6.98. The van der Waals surface area contributed by atoms with E-state index in [9.17, 15) is 13.2 Å². The average molecular weight is 330 g/mol. The molecular formula is C13H16Cl2F3NO. The topological polar surface area (TPSA) is 35.2 Å². The first kappa shape index (κ1) is 17.6. The SMILES string of the molecule is Cl.N[C@@H](c1cccc(C(F)(F)F)c1Cl)C1CCOCC1. The number of halogens is 5. The Kier molecular flexibility index (Phi) is 6.13. The predicted molar refractivity (Wildman–Crippen MR) is 74.2 cm³/mol. The molecule has 0 spiro atoms. The van der Waals surface area contributed by atoms with Crippen molar-refractivity contribution < 1.29 is 17.9 Å². The summed E-state index contributed by atoms with van der Waals surface area (Å²) in [6.45, 7) is 1.18. The highest BCUT2D eigenvalue weighted by molar-refractivity contribution is 6.32. The van der Waals surface area contributed by atoms with Crippen LogP contribution in [0.1, 0.15) is 30.0 Å². The monoisotopic (exact) mass is 329 g/mol. The minimum atomic E-state index is -4.46. The van der Waals surface area contributed by atoms with Gasteiger partial charge in [-0.05, 0) is 30.4 Å². The molecule has 20 heavy (non-hydrogen) atoms. The summed E-state index contributed by atoms with van der Waals surface area (Å²) in [4.78, 5) is 0. The van der Waals surface area contributed by atoms with E-state index in [-0.39, 0.29) is 23.3 Å². The van der Waals surface area contributed by atoms with E-state index in [1.54, 1.807) is 6.07 Å². The Hall–Kier alpha value is -0.490. The second-order valence-corrected chi connectivity index (χ2v) is 5.06. The number of benzene rings is 1. The molecule has 0 amide bonds. The van der Waals surface area contributed by atoms with Crippen molar-refractivity contribution >= 4 is 24.0 Å². The molecule has 0 saturated carbocycles. The molecule has 7 heteroatoms. The second-order valence-electron chi connectivity index (χ2n) is 4.68. The molecular weight excluding hydrogens is 314 g/mol. The molecule has 0 radical (unpaired) electrons. The summed E-state index contributed by atoms with van der Waals surface area (Å²) in [6, 6.07) is 3.41. The maximum atomic E-state index is 12.8. The lowest BCUT2D eigenvalue weighted by Crippen LogP contribution is -2.28. The van der Waals surface area contributed by atoms with Crippen molar-refractivity contribution in [3.63, 3.8) is 0 Å². The molecule has 0 unspecified atom stereocenters. The van der Waals surface area contributed by atoms with Crippen molar-refractivity contribution in [1.82, 2.24) is 0 Å². The van der Waals surface area contributed by atoms with E-state index in [0.717, 1.165) is 18.9 Å². The number of hydrogen-bond donors (Lipinski definition) is 1. The molecule has 0 aliphatic carbocycles.